The minimum Gasteiger partial charge on any atom is -0.503 e. The number of aromatic nitrogens is 1. The van der Waals surface area contributed by atoms with E-state index in [2.05, 4.69) is 20.8 Å². The number of benzene rings is 3. The Balaban J connectivity index is 1.61. The summed E-state index contributed by atoms with van der Waals surface area (Å²) in [7, 11) is 0. The van der Waals surface area contributed by atoms with Crippen molar-refractivity contribution in [3.05, 3.63) is 112 Å². The van der Waals surface area contributed by atoms with Crippen molar-refractivity contribution in [3.63, 3.8) is 0 Å². The van der Waals surface area contributed by atoms with E-state index in [1.807, 2.05) is 79.7 Å². The maximum Gasteiger partial charge on any atom is 0.296 e. The molecule has 1 atom stereocenters. The van der Waals surface area contributed by atoms with E-state index < -0.39 is 23.5 Å². The number of aliphatic hydroxyl groups is 1. The van der Waals surface area contributed by atoms with Crippen LogP contribution in [0.3, 0.4) is 0 Å². The summed E-state index contributed by atoms with van der Waals surface area (Å²) in [6, 6.07) is 22.4. The standard InChI is InChI=1S/C31H28N2O3S/c1-19-10-16-23-25(18-19)37-30(32-23)33-27(21-12-14-22(15-13-21)31(2,3)4)26(28(35)29(33)36)24(34)17-11-20-8-6-5-7-9-20/h5-18,27,35H,1-4H3/b17-11+. The molecular weight excluding hydrogens is 480 g/mol. The number of fused-ring (bicyclic) bond motifs is 1. The first kappa shape index (κ1) is 24.7. The molecule has 0 aliphatic carbocycles. The molecule has 1 aliphatic rings. The molecule has 0 bridgehead atoms. The lowest BCUT2D eigenvalue weighted by atomic mass is 9.85. The maximum atomic E-state index is 13.5. The normalized spacial score (nSPS) is 16.4. The highest BCUT2D eigenvalue weighted by Crippen LogP contribution is 2.44. The predicted molar refractivity (Wildman–Crippen MR) is 150 cm³/mol. The molecule has 37 heavy (non-hydrogen) atoms. The van der Waals surface area contributed by atoms with Gasteiger partial charge in [-0.1, -0.05) is 98.8 Å². The summed E-state index contributed by atoms with van der Waals surface area (Å²) >= 11 is 1.37. The van der Waals surface area contributed by atoms with Gasteiger partial charge < -0.3 is 5.11 Å². The van der Waals surface area contributed by atoms with Crippen LogP contribution in [0.4, 0.5) is 5.13 Å². The number of thiazole rings is 1. The van der Waals surface area contributed by atoms with Crippen LogP contribution in [0.5, 0.6) is 0 Å². The van der Waals surface area contributed by atoms with Gasteiger partial charge in [-0.2, -0.15) is 0 Å². The molecule has 6 heteroatoms. The van der Waals surface area contributed by atoms with Crippen LogP contribution < -0.4 is 4.90 Å². The number of rotatable bonds is 5. The number of carbonyl (C=O) groups is 2. The van der Waals surface area contributed by atoms with Crippen molar-refractivity contribution >= 4 is 44.5 Å². The first-order valence-electron chi connectivity index (χ1n) is 12.2. The molecule has 5 nitrogen and oxygen atoms in total. The number of aliphatic hydroxyl groups excluding tert-OH is 1. The van der Waals surface area contributed by atoms with Crippen molar-refractivity contribution < 1.29 is 14.7 Å². The second kappa shape index (κ2) is 9.45. The predicted octanol–water partition coefficient (Wildman–Crippen LogP) is 7.08. The minimum absolute atomic E-state index is 0.0519. The highest BCUT2D eigenvalue weighted by atomic mass is 32.1. The average molecular weight is 509 g/mol. The molecule has 186 valence electrons. The van der Waals surface area contributed by atoms with E-state index in [0.29, 0.717) is 5.13 Å². The van der Waals surface area contributed by atoms with Gasteiger partial charge in [0.05, 0.1) is 21.8 Å². The highest BCUT2D eigenvalue weighted by Gasteiger charge is 2.45. The molecule has 0 spiro atoms. The minimum atomic E-state index is -0.795. The number of aryl methyl sites for hydroxylation is 1. The Labute approximate surface area is 220 Å². The van der Waals surface area contributed by atoms with E-state index in [1.165, 1.54) is 22.3 Å². The van der Waals surface area contributed by atoms with Gasteiger partial charge in [0.1, 0.15) is 0 Å². The number of carbonyl (C=O) groups excluding carboxylic acids is 2. The highest BCUT2D eigenvalue weighted by molar-refractivity contribution is 7.22. The lowest BCUT2D eigenvalue weighted by molar-refractivity contribution is -0.117. The molecular formula is C31H28N2O3S. The van der Waals surface area contributed by atoms with Crippen molar-refractivity contribution in [1.82, 2.24) is 4.98 Å². The Bertz CT molecular complexity index is 1560. The molecule has 1 aliphatic heterocycles. The Morgan fingerprint density at radius 2 is 1.73 bits per heavy atom. The van der Waals surface area contributed by atoms with E-state index in [1.54, 1.807) is 6.08 Å². The summed E-state index contributed by atoms with van der Waals surface area (Å²) in [5.74, 6) is -1.58. The molecule has 1 aromatic heterocycles. The van der Waals surface area contributed by atoms with Crippen LogP contribution >= 0.6 is 11.3 Å². The topological polar surface area (TPSA) is 70.5 Å². The van der Waals surface area contributed by atoms with Gasteiger partial charge in [-0.3, -0.25) is 14.5 Å². The maximum absolute atomic E-state index is 13.5. The molecule has 0 saturated carbocycles. The van der Waals surface area contributed by atoms with Crippen LogP contribution in [-0.4, -0.2) is 21.8 Å². The van der Waals surface area contributed by atoms with Gasteiger partial charge in [-0.25, -0.2) is 4.98 Å². The third-order valence-corrected chi connectivity index (χ3v) is 7.55. The fourth-order valence-electron chi connectivity index (χ4n) is 4.48. The largest absolute Gasteiger partial charge is 0.503 e. The van der Waals surface area contributed by atoms with E-state index >= 15 is 0 Å². The van der Waals surface area contributed by atoms with Gasteiger partial charge >= 0.3 is 0 Å². The van der Waals surface area contributed by atoms with Crippen LogP contribution in [0, 0.1) is 6.92 Å². The fourth-order valence-corrected chi connectivity index (χ4v) is 5.57. The van der Waals surface area contributed by atoms with Gasteiger partial charge in [0.25, 0.3) is 5.91 Å². The number of ketones is 1. The van der Waals surface area contributed by atoms with Crippen LogP contribution in [0.1, 0.15) is 49.1 Å². The van der Waals surface area contributed by atoms with Crippen molar-refractivity contribution in [3.8, 4) is 0 Å². The Kier molecular flexibility index (Phi) is 6.30. The molecule has 4 aromatic rings. The van der Waals surface area contributed by atoms with E-state index in [4.69, 9.17) is 4.98 Å². The molecule has 3 aromatic carbocycles. The van der Waals surface area contributed by atoms with Gasteiger partial charge in [-0.05, 0) is 52.8 Å². The van der Waals surface area contributed by atoms with Crippen LogP contribution in [0.2, 0.25) is 0 Å². The lowest BCUT2D eigenvalue weighted by Crippen LogP contribution is -2.30. The first-order chi connectivity index (χ1) is 17.6. The smallest absolute Gasteiger partial charge is 0.296 e. The fraction of sp³-hybridized carbons (Fsp3) is 0.194. The second-order valence-electron chi connectivity index (χ2n) is 10.3. The van der Waals surface area contributed by atoms with Crippen LogP contribution in [-0.2, 0) is 15.0 Å². The molecule has 5 rings (SSSR count). The molecule has 1 N–H and O–H groups in total. The Morgan fingerprint density at radius 1 is 1.03 bits per heavy atom. The molecule has 0 saturated heterocycles. The summed E-state index contributed by atoms with van der Waals surface area (Å²) in [6.45, 7) is 8.39. The van der Waals surface area contributed by atoms with E-state index in [9.17, 15) is 14.7 Å². The number of nitrogens with zero attached hydrogens (tertiary/aromatic N) is 2. The van der Waals surface area contributed by atoms with Gasteiger partial charge in [0.15, 0.2) is 16.7 Å². The number of amides is 1. The van der Waals surface area contributed by atoms with Crippen LogP contribution in [0.25, 0.3) is 16.3 Å². The zero-order valence-electron chi connectivity index (χ0n) is 21.2. The molecule has 1 unspecified atom stereocenters. The van der Waals surface area contributed by atoms with Gasteiger partial charge in [-0.15, -0.1) is 0 Å². The second-order valence-corrected chi connectivity index (χ2v) is 11.3. The zero-order chi connectivity index (χ0) is 26.3. The summed E-state index contributed by atoms with van der Waals surface area (Å²) < 4.78 is 0.938. The van der Waals surface area contributed by atoms with Crippen molar-refractivity contribution in [2.24, 2.45) is 0 Å². The van der Waals surface area contributed by atoms with Crippen molar-refractivity contribution in [1.29, 1.82) is 0 Å². The third-order valence-electron chi connectivity index (χ3n) is 6.53. The van der Waals surface area contributed by atoms with Gasteiger partial charge in [0.2, 0.25) is 0 Å². The quantitative estimate of drug-likeness (QED) is 0.292. The third kappa shape index (κ3) is 4.72. The van der Waals surface area contributed by atoms with Crippen molar-refractivity contribution in [2.45, 2.75) is 39.2 Å². The first-order valence-corrected chi connectivity index (χ1v) is 13.0. The monoisotopic (exact) mass is 508 g/mol. The molecule has 1 amide bonds. The average Bonchev–Trinajstić information content (AvgIpc) is 3.40. The SMILES string of the molecule is Cc1ccc2nc(N3C(=O)C(O)=C(C(=O)/C=C/c4ccccc4)C3c3ccc(C(C)(C)C)cc3)sc2c1. The number of anilines is 1. The number of hydrogen-bond acceptors (Lipinski definition) is 5. The van der Waals surface area contributed by atoms with Gasteiger partial charge in [0, 0.05) is 0 Å². The summed E-state index contributed by atoms with van der Waals surface area (Å²) in [4.78, 5) is 33.1. The van der Waals surface area contributed by atoms with E-state index in [0.717, 1.165) is 32.5 Å². The van der Waals surface area contributed by atoms with Crippen LogP contribution in [0.15, 0.2) is 90.2 Å². The number of allylic oxidation sites excluding steroid dienone is 1. The summed E-state index contributed by atoms with van der Waals surface area (Å²) in [5, 5.41) is 11.4. The molecule has 0 radical (unpaired) electrons. The Hall–Kier alpha value is -4.03. The van der Waals surface area contributed by atoms with Crippen molar-refractivity contribution in [2.75, 3.05) is 4.90 Å². The molecule has 0 fully saturated rings. The Morgan fingerprint density at radius 3 is 2.41 bits per heavy atom. The summed E-state index contributed by atoms with van der Waals surface area (Å²) in [6.07, 6.45) is 3.10. The zero-order valence-corrected chi connectivity index (χ0v) is 22.0. The number of hydrogen-bond donors (Lipinski definition) is 1. The van der Waals surface area contributed by atoms with E-state index in [-0.39, 0.29) is 11.0 Å². The lowest BCUT2D eigenvalue weighted by Gasteiger charge is -2.25. The molecule has 2 heterocycles. The summed E-state index contributed by atoms with van der Waals surface area (Å²) in [5.41, 5.74) is 4.57.